The van der Waals surface area contributed by atoms with Crippen LogP contribution in [0.15, 0.2) is 39.5 Å². The van der Waals surface area contributed by atoms with Crippen molar-refractivity contribution in [3.63, 3.8) is 0 Å². The highest BCUT2D eigenvalue weighted by atomic mass is 32.1. The summed E-state index contributed by atoms with van der Waals surface area (Å²) in [6.07, 6.45) is 2.19. The van der Waals surface area contributed by atoms with Crippen LogP contribution in [0, 0.1) is 0 Å². The molecule has 0 N–H and O–H groups in total. The van der Waals surface area contributed by atoms with E-state index >= 15 is 0 Å². The van der Waals surface area contributed by atoms with Crippen LogP contribution in [0.2, 0.25) is 0 Å². The van der Waals surface area contributed by atoms with Crippen molar-refractivity contribution in [2.75, 3.05) is 20.8 Å². The number of hydrogen-bond donors (Lipinski definition) is 0. The molecule has 0 radical (unpaired) electrons. The first-order valence-corrected chi connectivity index (χ1v) is 9.54. The Balaban J connectivity index is 1.56. The van der Waals surface area contributed by atoms with Crippen LogP contribution in [0.1, 0.15) is 30.3 Å². The van der Waals surface area contributed by atoms with Crippen LogP contribution in [-0.2, 0) is 6.54 Å². The molecule has 26 heavy (non-hydrogen) atoms. The predicted molar refractivity (Wildman–Crippen MR) is 99.5 cm³/mol. The van der Waals surface area contributed by atoms with E-state index in [9.17, 15) is 0 Å². The number of aromatic nitrogens is 2. The van der Waals surface area contributed by atoms with Crippen molar-refractivity contribution >= 4 is 11.3 Å². The molecule has 1 aliphatic rings. The van der Waals surface area contributed by atoms with Crippen LogP contribution in [0.3, 0.4) is 0 Å². The van der Waals surface area contributed by atoms with Gasteiger partial charge in [0.05, 0.1) is 20.8 Å². The van der Waals surface area contributed by atoms with Gasteiger partial charge in [-0.3, -0.25) is 4.90 Å². The predicted octanol–water partition coefficient (Wildman–Crippen LogP) is 4.15. The fraction of sp³-hybridized carbons (Fsp3) is 0.368. The highest BCUT2D eigenvalue weighted by Gasteiger charge is 2.30. The van der Waals surface area contributed by atoms with Crippen LogP contribution < -0.4 is 9.47 Å². The van der Waals surface area contributed by atoms with Crippen molar-refractivity contribution in [2.45, 2.75) is 25.4 Å². The van der Waals surface area contributed by atoms with Gasteiger partial charge in [0, 0.05) is 22.5 Å². The van der Waals surface area contributed by atoms with Gasteiger partial charge in [-0.1, -0.05) is 5.16 Å². The average Bonchev–Trinajstić information content (AvgIpc) is 3.42. The molecule has 0 bridgehead atoms. The second-order valence-electron chi connectivity index (χ2n) is 6.26. The highest BCUT2D eigenvalue weighted by Crippen LogP contribution is 2.39. The number of methoxy groups -OCH3 is 2. The summed E-state index contributed by atoms with van der Waals surface area (Å²) in [5.41, 5.74) is 2.14. The van der Waals surface area contributed by atoms with Crippen molar-refractivity contribution in [3.05, 3.63) is 46.5 Å². The van der Waals surface area contributed by atoms with E-state index in [1.807, 2.05) is 29.0 Å². The van der Waals surface area contributed by atoms with E-state index in [-0.39, 0.29) is 6.04 Å². The third-order valence-electron chi connectivity index (χ3n) is 4.75. The molecule has 3 heterocycles. The number of benzene rings is 1. The molecule has 136 valence electrons. The minimum atomic E-state index is 0.247. The van der Waals surface area contributed by atoms with Gasteiger partial charge >= 0.3 is 0 Å². The van der Waals surface area contributed by atoms with Crippen LogP contribution >= 0.6 is 11.3 Å². The zero-order valence-electron chi connectivity index (χ0n) is 14.8. The lowest BCUT2D eigenvalue weighted by Crippen LogP contribution is -2.23. The molecule has 0 aliphatic carbocycles. The third-order valence-corrected chi connectivity index (χ3v) is 5.43. The summed E-state index contributed by atoms with van der Waals surface area (Å²) in [6.45, 7) is 1.61. The SMILES string of the molecule is COc1ccc(OC)c([C@H]2CCCN2Cc2nc(-c3ccsc3)no2)c1. The maximum Gasteiger partial charge on any atom is 0.241 e. The second kappa shape index (κ2) is 7.47. The molecule has 0 saturated carbocycles. The van der Waals surface area contributed by atoms with Crippen LogP contribution in [0.5, 0.6) is 11.5 Å². The van der Waals surface area contributed by atoms with E-state index in [1.165, 1.54) is 0 Å². The molecule has 1 atom stereocenters. The summed E-state index contributed by atoms with van der Waals surface area (Å²) < 4.78 is 16.5. The third kappa shape index (κ3) is 3.32. The minimum absolute atomic E-state index is 0.247. The van der Waals surface area contributed by atoms with Gasteiger partial charge in [-0.2, -0.15) is 16.3 Å². The lowest BCUT2D eigenvalue weighted by atomic mass is 10.0. The molecule has 0 spiro atoms. The molecule has 0 amide bonds. The Labute approximate surface area is 156 Å². The monoisotopic (exact) mass is 371 g/mol. The van der Waals surface area contributed by atoms with E-state index in [2.05, 4.69) is 21.1 Å². The Morgan fingerprint density at radius 2 is 2.19 bits per heavy atom. The Morgan fingerprint density at radius 3 is 2.96 bits per heavy atom. The van der Waals surface area contributed by atoms with E-state index in [0.29, 0.717) is 18.3 Å². The molecule has 1 saturated heterocycles. The molecule has 7 heteroatoms. The van der Waals surface area contributed by atoms with Gasteiger partial charge in [0.15, 0.2) is 0 Å². The largest absolute Gasteiger partial charge is 0.497 e. The van der Waals surface area contributed by atoms with Gasteiger partial charge in [-0.05, 0) is 49.0 Å². The van der Waals surface area contributed by atoms with Crippen molar-refractivity contribution in [3.8, 4) is 22.9 Å². The molecule has 2 aromatic heterocycles. The van der Waals surface area contributed by atoms with Crippen molar-refractivity contribution < 1.29 is 14.0 Å². The molecule has 3 aromatic rings. The summed E-state index contributed by atoms with van der Waals surface area (Å²) in [5, 5.41) is 8.14. The normalized spacial score (nSPS) is 17.5. The highest BCUT2D eigenvalue weighted by molar-refractivity contribution is 7.08. The molecular formula is C19H21N3O3S. The lowest BCUT2D eigenvalue weighted by molar-refractivity contribution is 0.209. The average molecular weight is 371 g/mol. The molecule has 0 unspecified atom stereocenters. The number of likely N-dealkylation sites (tertiary alicyclic amines) is 1. The van der Waals surface area contributed by atoms with E-state index in [0.717, 1.165) is 42.0 Å². The summed E-state index contributed by atoms with van der Waals surface area (Å²) in [7, 11) is 3.39. The second-order valence-corrected chi connectivity index (χ2v) is 7.04. The zero-order chi connectivity index (χ0) is 17.9. The maximum absolute atomic E-state index is 5.58. The standard InChI is InChI=1S/C19H21N3O3S/c1-23-14-5-6-17(24-2)15(10-14)16-4-3-8-22(16)11-18-20-19(21-25-18)13-7-9-26-12-13/h5-7,9-10,12,16H,3-4,8,11H2,1-2H3/t16-/m1/s1. The quantitative estimate of drug-likeness (QED) is 0.649. The topological polar surface area (TPSA) is 60.6 Å². The lowest BCUT2D eigenvalue weighted by Gasteiger charge is -2.25. The number of rotatable bonds is 6. The summed E-state index contributed by atoms with van der Waals surface area (Å²) in [5.74, 6) is 3.01. The van der Waals surface area contributed by atoms with Gasteiger partial charge in [0.25, 0.3) is 0 Å². The molecule has 1 aliphatic heterocycles. The number of thiophene rings is 1. The first kappa shape index (κ1) is 17.1. The van der Waals surface area contributed by atoms with Gasteiger partial charge in [-0.25, -0.2) is 0 Å². The maximum atomic E-state index is 5.58. The molecule has 6 nitrogen and oxygen atoms in total. The Morgan fingerprint density at radius 1 is 1.27 bits per heavy atom. The van der Waals surface area contributed by atoms with Crippen molar-refractivity contribution in [1.82, 2.24) is 15.0 Å². The summed E-state index contributed by atoms with van der Waals surface area (Å²) in [6, 6.07) is 8.20. The number of ether oxygens (including phenoxy) is 2. The molecule has 1 aromatic carbocycles. The Kier molecular flexibility index (Phi) is 4.90. The molecule has 4 rings (SSSR count). The van der Waals surface area contributed by atoms with Crippen LogP contribution in [0.4, 0.5) is 0 Å². The first-order chi connectivity index (χ1) is 12.8. The summed E-state index contributed by atoms with van der Waals surface area (Å²) in [4.78, 5) is 6.92. The smallest absolute Gasteiger partial charge is 0.241 e. The van der Waals surface area contributed by atoms with E-state index in [1.54, 1.807) is 25.6 Å². The fourth-order valence-electron chi connectivity index (χ4n) is 3.47. The summed E-state index contributed by atoms with van der Waals surface area (Å²) >= 11 is 1.62. The Hall–Kier alpha value is -2.38. The van der Waals surface area contributed by atoms with Crippen molar-refractivity contribution in [1.29, 1.82) is 0 Å². The van der Waals surface area contributed by atoms with Gasteiger partial charge in [-0.15, -0.1) is 0 Å². The van der Waals surface area contributed by atoms with Gasteiger partial charge in [0.1, 0.15) is 11.5 Å². The number of hydrogen-bond acceptors (Lipinski definition) is 7. The van der Waals surface area contributed by atoms with Gasteiger partial charge in [0.2, 0.25) is 11.7 Å². The van der Waals surface area contributed by atoms with Crippen molar-refractivity contribution in [2.24, 2.45) is 0 Å². The molecule has 1 fully saturated rings. The van der Waals surface area contributed by atoms with E-state index in [4.69, 9.17) is 14.0 Å². The number of nitrogens with zero attached hydrogens (tertiary/aromatic N) is 3. The Bertz CT molecular complexity index is 863. The van der Waals surface area contributed by atoms with Crippen LogP contribution in [0.25, 0.3) is 11.4 Å². The van der Waals surface area contributed by atoms with Gasteiger partial charge < -0.3 is 14.0 Å². The zero-order valence-corrected chi connectivity index (χ0v) is 15.7. The van der Waals surface area contributed by atoms with Crippen LogP contribution in [-0.4, -0.2) is 35.8 Å². The molecular weight excluding hydrogens is 350 g/mol. The first-order valence-electron chi connectivity index (χ1n) is 8.59. The minimum Gasteiger partial charge on any atom is -0.497 e. The fourth-order valence-corrected chi connectivity index (χ4v) is 4.10. The van der Waals surface area contributed by atoms with E-state index < -0.39 is 0 Å².